The Morgan fingerprint density at radius 3 is 2.29 bits per heavy atom. The lowest BCUT2D eigenvalue weighted by molar-refractivity contribution is -0.220. The molecule has 0 unspecified atom stereocenters. The summed E-state index contributed by atoms with van der Waals surface area (Å²) in [6, 6.07) is 0. The highest BCUT2D eigenvalue weighted by Gasteiger charge is 2.64. The third kappa shape index (κ3) is 3.84. The first kappa shape index (κ1) is 24.1. The monoisotopic (exact) mass is 432 g/mol. The molecule has 2 nitrogen and oxygen atoms in total. The number of hydrogen-bond donors (Lipinski definition) is 2. The van der Waals surface area contributed by atoms with Crippen LogP contribution < -0.4 is 0 Å². The van der Waals surface area contributed by atoms with Gasteiger partial charge in [-0.3, -0.25) is 0 Å². The van der Waals surface area contributed by atoms with Gasteiger partial charge in [0.1, 0.15) is 0 Å². The third-order valence-corrected chi connectivity index (χ3v) is 12.0. The molecule has 0 saturated heterocycles. The van der Waals surface area contributed by atoms with Crippen LogP contribution in [0.3, 0.4) is 0 Å². The molecule has 0 heterocycles. The van der Waals surface area contributed by atoms with Crippen molar-refractivity contribution in [3.05, 3.63) is 0 Å². The number of aliphatic hydroxyl groups is 2. The fraction of sp³-hybridized carbons (Fsp3) is 1.00. The molecule has 4 rings (SSSR count). The maximum atomic E-state index is 11.6. The summed E-state index contributed by atoms with van der Waals surface area (Å²) in [6.07, 6.45) is 14.0. The summed E-state index contributed by atoms with van der Waals surface area (Å²) in [5.41, 5.74) is -0.0944. The van der Waals surface area contributed by atoms with Crippen molar-refractivity contribution in [3.63, 3.8) is 0 Å². The molecule has 0 amide bonds. The van der Waals surface area contributed by atoms with Crippen LogP contribution in [0.5, 0.6) is 0 Å². The summed E-state index contributed by atoms with van der Waals surface area (Å²) < 4.78 is 0. The summed E-state index contributed by atoms with van der Waals surface area (Å²) in [4.78, 5) is 0. The van der Waals surface area contributed by atoms with Crippen LogP contribution in [0.2, 0.25) is 0 Å². The van der Waals surface area contributed by atoms with Crippen LogP contribution in [0.4, 0.5) is 0 Å². The van der Waals surface area contributed by atoms with E-state index >= 15 is 0 Å². The normalized spacial score (nSPS) is 49.3. The van der Waals surface area contributed by atoms with Gasteiger partial charge in [0.25, 0.3) is 0 Å². The molecule has 0 aromatic heterocycles. The molecule has 4 saturated carbocycles. The second-order valence-corrected chi connectivity index (χ2v) is 13.5. The molecule has 0 aliphatic heterocycles. The third-order valence-electron chi connectivity index (χ3n) is 12.0. The van der Waals surface area contributed by atoms with E-state index < -0.39 is 5.60 Å². The minimum absolute atomic E-state index is 0.0196. The molecular weight excluding hydrogens is 380 g/mol. The van der Waals surface area contributed by atoms with Crippen LogP contribution in [0.25, 0.3) is 0 Å². The predicted molar refractivity (Wildman–Crippen MR) is 130 cm³/mol. The average molecular weight is 433 g/mol. The molecule has 10 atom stereocenters. The molecule has 4 aliphatic rings. The van der Waals surface area contributed by atoms with Gasteiger partial charge in [-0.15, -0.1) is 0 Å². The highest BCUT2D eigenvalue weighted by Crippen LogP contribution is 2.69. The zero-order valence-corrected chi connectivity index (χ0v) is 21.5. The molecule has 0 spiro atoms. The van der Waals surface area contributed by atoms with E-state index in [9.17, 15) is 10.2 Å². The first-order valence-electron chi connectivity index (χ1n) is 14.0. The van der Waals surface area contributed by atoms with E-state index in [1.807, 2.05) is 0 Å². The van der Waals surface area contributed by atoms with Crippen molar-refractivity contribution in [2.75, 3.05) is 0 Å². The van der Waals surface area contributed by atoms with E-state index in [1.165, 1.54) is 51.4 Å². The quantitative estimate of drug-likeness (QED) is 0.465. The Morgan fingerprint density at radius 1 is 0.871 bits per heavy atom. The maximum Gasteiger partial charge on any atom is 0.0728 e. The van der Waals surface area contributed by atoms with Gasteiger partial charge in [0, 0.05) is 6.42 Å². The molecule has 0 bridgehead atoms. The molecule has 4 aliphatic carbocycles. The van der Waals surface area contributed by atoms with Crippen LogP contribution in [0.1, 0.15) is 119 Å². The lowest BCUT2D eigenvalue weighted by Crippen LogP contribution is -2.62. The van der Waals surface area contributed by atoms with Crippen LogP contribution >= 0.6 is 0 Å². The number of rotatable bonds is 6. The highest BCUT2D eigenvalue weighted by molar-refractivity contribution is 5.14. The zero-order valence-electron chi connectivity index (χ0n) is 21.5. The van der Waals surface area contributed by atoms with Crippen LogP contribution in [-0.2, 0) is 0 Å². The van der Waals surface area contributed by atoms with Crippen LogP contribution in [-0.4, -0.2) is 21.9 Å². The van der Waals surface area contributed by atoms with E-state index in [2.05, 4.69) is 41.5 Å². The average Bonchev–Trinajstić information content (AvgIpc) is 3.06. The summed E-state index contributed by atoms with van der Waals surface area (Å²) in [6.45, 7) is 14.8. The Balaban J connectivity index is 1.48. The largest absolute Gasteiger partial charge is 0.393 e. The van der Waals surface area contributed by atoms with Crippen molar-refractivity contribution in [2.24, 2.45) is 52.3 Å². The molecule has 0 radical (unpaired) electrons. The van der Waals surface area contributed by atoms with Gasteiger partial charge in [0.05, 0.1) is 11.7 Å². The lowest BCUT2D eigenvalue weighted by atomic mass is 9.43. The minimum atomic E-state index is -0.628. The molecule has 2 N–H and O–H groups in total. The Hall–Kier alpha value is -0.0800. The molecule has 0 aromatic carbocycles. The zero-order chi connectivity index (χ0) is 22.6. The van der Waals surface area contributed by atoms with Crippen molar-refractivity contribution in [1.29, 1.82) is 0 Å². The van der Waals surface area contributed by atoms with E-state index in [4.69, 9.17) is 0 Å². The number of fused-ring (bicyclic) bond motifs is 5. The van der Waals surface area contributed by atoms with E-state index in [-0.39, 0.29) is 11.5 Å². The Labute approximate surface area is 193 Å². The highest BCUT2D eigenvalue weighted by atomic mass is 16.3. The van der Waals surface area contributed by atoms with Gasteiger partial charge in [-0.2, -0.15) is 0 Å². The second kappa shape index (κ2) is 8.61. The van der Waals surface area contributed by atoms with E-state index in [1.54, 1.807) is 0 Å². The molecule has 0 aromatic rings. The molecule has 31 heavy (non-hydrogen) atoms. The van der Waals surface area contributed by atoms with Gasteiger partial charge in [0.2, 0.25) is 0 Å². The Kier molecular flexibility index (Phi) is 6.68. The smallest absolute Gasteiger partial charge is 0.0728 e. The van der Waals surface area contributed by atoms with Gasteiger partial charge in [-0.05, 0) is 110 Å². The maximum absolute atomic E-state index is 11.6. The Bertz CT molecular complexity index is 630. The molecule has 4 fully saturated rings. The summed E-state index contributed by atoms with van der Waals surface area (Å²) in [7, 11) is 0. The van der Waals surface area contributed by atoms with Crippen LogP contribution in [0.15, 0.2) is 0 Å². The van der Waals surface area contributed by atoms with Gasteiger partial charge < -0.3 is 10.2 Å². The van der Waals surface area contributed by atoms with Gasteiger partial charge in [0.15, 0.2) is 0 Å². The topological polar surface area (TPSA) is 40.5 Å². The first-order valence-corrected chi connectivity index (χ1v) is 14.0. The molecule has 180 valence electrons. The molecular formula is C29H52O2. The fourth-order valence-electron chi connectivity index (χ4n) is 9.89. The minimum Gasteiger partial charge on any atom is -0.393 e. The van der Waals surface area contributed by atoms with Crippen molar-refractivity contribution in [2.45, 2.75) is 130 Å². The van der Waals surface area contributed by atoms with Gasteiger partial charge in [-0.1, -0.05) is 54.4 Å². The second-order valence-electron chi connectivity index (χ2n) is 13.5. The number of hydrogen-bond acceptors (Lipinski definition) is 2. The predicted octanol–water partition coefficient (Wildman–Crippen LogP) is 7.22. The number of aliphatic hydroxyl groups excluding tert-OH is 1. The fourth-order valence-corrected chi connectivity index (χ4v) is 9.89. The first-order chi connectivity index (χ1) is 14.6. The molecule has 2 heteroatoms. The Morgan fingerprint density at radius 2 is 1.61 bits per heavy atom. The summed E-state index contributed by atoms with van der Waals surface area (Å²) in [5, 5.41) is 21.9. The van der Waals surface area contributed by atoms with Gasteiger partial charge >= 0.3 is 0 Å². The summed E-state index contributed by atoms with van der Waals surface area (Å²) in [5.74, 6) is 5.77. The SMILES string of the molecule is CC[C@H](CC[C@@H](C)[C@H]1CC[C@H]2[C@@H]3CC[C@]4(O)C[C@@H](O)CC[C@]4(C)[C@H]3CC[C@]12C)C(C)C. The van der Waals surface area contributed by atoms with E-state index in [0.29, 0.717) is 17.8 Å². The van der Waals surface area contributed by atoms with Crippen molar-refractivity contribution >= 4 is 0 Å². The van der Waals surface area contributed by atoms with Crippen molar-refractivity contribution < 1.29 is 10.2 Å². The standard InChI is InChI=1S/C29H52O2/c1-7-21(19(2)3)9-8-20(4)24-10-11-25-23-13-17-29(31)18-22(30)12-16-28(29,6)26(23)14-15-27(24,25)5/h19-26,30-31H,7-18H2,1-6H3/t20-,21-,22+,23+,24-,25+,26+,27-,28-,29+/m1/s1. The van der Waals surface area contributed by atoms with Gasteiger partial charge in [-0.25, -0.2) is 0 Å². The lowest BCUT2D eigenvalue weighted by Gasteiger charge is -2.64. The van der Waals surface area contributed by atoms with Crippen molar-refractivity contribution in [1.82, 2.24) is 0 Å². The van der Waals surface area contributed by atoms with Crippen molar-refractivity contribution in [3.8, 4) is 0 Å². The van der Waals surface area contributed by atoms with E-state index in [0.717, 1.165) is 54.8 Å². The van der Waals surface area contributed by atoms with Crippen LogP contribution in [0, 0.1) is 52.3 Å². The summed E-state index contributed by atoms with van der Waals surface area (Å²) >= 11 is 0.